The molecule has 0 bridgehead atoms. The number of anilines is 3. The van der Waals surface area contributed by atoms with E-state index < -0.39 is 9.84 Å². The summed E-state index contributed by atoms with van der Waals surface area (Å²) in [4.78, 5) is 13.7. The van der Waals surface area contributed by atoms with Crippen molar-refractivity contribution in [3.8, 4) is 6.07 Å². The summed E-state index contributed by atoms with van der Waals surface area (Å²) in [5.41, 5.74) is 6.08. The van der Waals surface area contributed by atoms with Crippen LogP contribution in [0.5, 0.6) is 0 Å². The van der Waals surface area contributed by atoms with Crippen LogP contribution in [0.15, 0.2) is 47.6 Å². The lowest BCUT2D eigenvalue weighted by atomic mass is 10.0. The molecule has 0 radical (unpaired) electrons. The molecule has 0 atom stereocenters. The van der Waals surface area contributed by atoms with Crippen molar-refractivity contribution < 1.29 is 8.42 Å². The lowest BCUT2D eigenvalue weighted by Crippen LogP contribution is -2.33. The Balaban J connectivity index is 1.77. The van der Waals surface area contributed by atoms with E-state index >= 15 is 0 Å². The van der Waals surface area contributed by atoms with Gasteiger partial charge in [0, 0.05) is 43.6 Å². The third kappa shape index (κ3) is 4.41. The van der Waals surface area contributed by atoms with Crippen molar-refractivity contribution in [2.45, 2.75) is 38.6 Å². The number of benzene rings is 2. The molecule has 0 saturated carbocycles. The van der Waals surface area contributed by atoms with E-state index in [1.807, 2.05) is 49.1 Å². The predicted molar refractivity (Wildman–Crippen MR) is 130 cm³/mol. The molecule has 1 aliphatic rings. The van der Waals surface area contributed by atoms with Gasteiger partial charge in [0.2, 0.25) is 0 Å². The van der Waals surface area contributed by atoms with Crippen molar-refractivity contribution in [1.82, 2.24) is 9.97 Å². The summed E-state index contributed by atoms with van der Waals surface area (Å²) in [5, 5.41) is 9.65. The fraction of sp³-hybridized carbons (Fsp3) is 0.320. The Morgan fingerprint density at radius 2 is 1.94 bits per heavy atom. The number of hydrogen-bond acceptors (Lipinski definition) is 7. The first-order valence-corrected chi connectivity index (χ1v) is 12.8. The average molecular weight is 462 g/mol. The summed E-state index contributed by atoms with van der Waals surface area (Å²) in [6.45, 7) is 7.75. The highest BCUT2D eigenvalue weighted by Crippen LogP contribution is 2.34. The summed E-state index contributed by atoms with van der Waals surface area (Å²) in [5.74, 6) is 0.765. The fourth-order valence-corrected chi connectivity index (χ4v) is 5.38. The minimum Gasteiger partial charge on any atom is -0.366 e. The standard InChI is InChI=1S/C25H27N5O2S/c1-5-30(20-8-7-18(3)24(13-20)33(4,31)32)25-21-15-29(11-10-22(21)27-16-28-25)23-9-6-17(2)12-19(23)14-26/h6-9,12-13,16H,5,10-11,15H2,1-4H3. The lowest BCUT2D eigenvalue weighted by Gasteiger charge is -2.34. The van der Waals surface area contributed by atoms with E-state index in [1.54, 1.807) is 19.3 Å². The first-order valence-electron chi connectivity index (χ1n) is 10.9. The molecule has 0 unspecified atom stereocenters. The van der Waals surface area contributed by atoms with Gasteiger partial charge in [0.25, 0.3) is 0 Å². The molecule has 1 aliphatic heterocycles. The normalized spacial score (nSPS) is 13.4. The third-order valence-electron chi connectivity index (χ3n) is 6.05. The Morgan fingerprint density at radius 1 is 1.15 bits per heavy atom. The highest BCUT2D eigenvalue weighted by atomic mass is 32.2. The second kappa shape index (κ2) is 8.83. The zero-order chi connectivity index (χ0) is 23.8. The third-order valence-corrected chi connectivity index (χ3v) is 7.29. The second-order valence-corrected chi connectivity index (χ2v) is 10.4. The van der Waals surface area contributed by atoms with Crippen molar-refractivity contribution in [3.05, 3.63) is 70.7 Å². The van der Waals surface area contributed by atoms with Crippen LogP contribution in [0.4, 0.5) is 17.2 Å². The van der Waals surface area contributed by atoms with E-state index in [0.717, 1.165) is 52.5 Å². The Morgan fingerprint density at radius 3 is 2.64 bits per heavy atom. The average Bonchev–Trinajstić information content (AvgIpc) is 2.79. The minimum absolute atomic E-state index is 0.321. The number of hydrogen-bond donors (Lipinski definition) is 0. The Kier molecular flexibility index (Phi) is 6.09. The van der Waals surface area contributed by atoms with Crippen LogP contribution >= 0.6 is 0 Å². The molecule has 3 aromatic rings. The molecule has 8 heteroatoms. The number of fused-ring (bicyclic) bond motifs is 1. The van der Waals surface area contributed by atoms with Crippen LogP contribution in [0.3, 0.4) is 0 Å². The van der Waals surface area contributed by atoms with Gasteiger partial charge in [-0.25, -0.2) is 18.4 Å². The molecular weight excluding hydrogens is 434 g/mol. The van der Waals surface area contributed by atoms with Gasteiger partial charge in [0.05, 0.1) is 21.8 Å². The Hall–Kier alpha value is -3.44. The molecule has 2 aromatic carbocycles. The molecule has 7 nitrogen and oxygen atoms in total. The molecule has 0 N–H and O–H groups in total. The second-order valence-electron chi connectivity index (χ2n) is 8.39. The van der Waals surface area contributed by atoms with E-state index in [0.29, 0.717) is 23.5 Å². The zero-order valence-electron chi connectivity index (χ0n) is 19.3. The maximum Gasteiger partial charge on any atom is 0.175 e. The van der Waals surface area contributed by atoms with Crippen LogP contribution in [-0.2, 0) is 22.8 Å². The number of aromatic nitrogens is 2. The van der Waals surface area contributed by atoms with Crippen LogP contribution in [0.25, 0.3) is 0 Å². The summed E-state index contributed by atoms with van der Waals surface area (Å²) >= 11 is 0. The molecule has 0 saturated heterocycles. The van der Waals surface area contributed by atoms with Crippen molar-refractivity contribution in [3.63, 3.8) is 0 Å². The highest BCUT2D eigenvalue weighted by Gasteiger charge is 2.26. The van der Waals surface area contributed by atoms with Crippen molar-refractivity contribution in [2.75, 3.05) is 29.1 Å². The van der Waals surface area contributed by atoms with Gasteiger partial charge in [0.1, 0.15) is 18.2 Å². The van der Waals surface area contributed by atoms with Gasteiger partial charge in [0.15, 0.2) is 9.84 Å². The summed E-state index contributed by atoms with van der Waals surface area (Å²) in [6.07, 6.45) is 3.54. The van der Waals surface area contributed by atoms with E-state index in [1.165, 1.54) is 6.26 Å². The molecule has 4 rings (SSSR count). The predicted octanol–water partition coefficient (Wildman–Crippen LogP) is 4.09. The smallest absolute Gasteiger partial charge is 0.175 e. The van der Waals surface area contributed by atoms with Crippen LogP contribution in [0.2, 0.25) is 0 Å². The molecular formula is C25H27N5O2S. The maximum atomic E-state index is 12.3. The minimum atomic E-state index is -3.35. The van der Waals surface area contributed by atoms with Crippen molar-refractivity contribution in [2.24, 2.45) is 0 Å². The lowest BCUT2D eigenvalue weighted by molar-refractivity contribution is 0.601. The largest absolute Gasteiger partial charge is 0.366 e. The first kappa shape index (κ1) is 22.7. The van der Waals surface area contributed by atoms with Gasteiger partial charge in [-0.15, -0.1) is 0 Å². The molecule has 0 spiro atoms. The van der Waals surface area contributed by atoms with E-state index in [4.69, 9.17) is 0 Å². The zero-order valence-corrected chi connectivity index (χ0v) is 20.1. The summed E-state index contributed by atoms with van der Waals surface area (Å²) in [7, 11) is -3.35. The molecule has 1 aromatic heterocycles. The van der Waals surface area contributed by atoms with Gasteiger partial charge < -0.3 is 9.80 Å². The SMILES string of the molecule is CCN(c1ccc(C)c(S(C)(=O)=O)c1)c1ncnc2c1CN(c1ccc(C)cc1C#N)CC2. The van der Waals surface area contributed by atoms with Crippen LogP contribution in [-0.4, -0.2) is 37.7 Å². The van der Waals surface area contributed by atoms with E-state index in [2.05, 4.69) is 20.9 Å². The number of aryl methyl sites for hydroxylation is 2. The van der Waals surface area contributed by atoms with Gasteiger partial charge in [-0.05, 0) is 56.2 Å². The van der Waals surface area contributed by atoms with Gasteiger partial charge >= 0.3 is 0 Å². The van der Waals surface area contributed by atoms with Crippen LogP contribution in [0.1, 0.15) is 34.9 Å². The summed E-state index contributed by atoms with van der Waals surface area (Å²) in [6, 6.07) is 13.7. The van der Waals surface area contributed by atoms with Crippen LogP contribution < -0.4 is 9.80 Å². The topological polar surface area (TPSA) is 90.2 Å². The first-order chi connectivity index (χ1) is 15.7. The molecule has 170 valence electrons. The Labute approximate surface area is 195 Å². The van der Waals surface area contributed by atoms with E-state index in [-0.39, 0.29) is 0 Å². The van der Waals surface area contributed by atoms with Crippen molar-refractivity contribution in [1.29, 1.82) is 5.26 Å². The summed E-state index contributed by atoms with van der Waals surface area (Å²) < 4.78 is 24.6. The number of rotatable bonds is 5. The van der Waals surface area contributed by atoms with Gasteiger partial charge in [-0.3, -0.25) is 0 Å². The van der Waals surface area contributed by atoms with Crippen LogP contribution in [0, 0.1) is 25.2 Å². The highest BCUT2D eigenvalue weighted by molar-refractivity contribution is 7.90. The monoisotopic (exact) mass is 461 g/mol. The van der Waals surface area contributed by atoms with Crippen molar-refractivity contribution >= 4 is 27.0 Å². The fourth-order valence-electron chi connectivity index (χ4n) is 4.39. The number of nitrogens with zero attached hydrogens (tertiary/aromatic N) is 5. The molecule has 0 fully saturated rings. The molecule has 0 aliphatic carbocycles. The van der Waals surface area contributed by atoms with Gasteiger partial charge in [-0.1, -0.05) is 12.1 Å². The van der Waals surface area contributed by atoms with Gasteiger partial charge in [-0.2, -0.15) is 5.26 Å². The van der Waals surface area contributed by atoms with E-state index in [9.17, 15) is 13.7 Å². The molecule has 0 amide bonds. The molecule has 2 heterocycles. The number of sulfone groups is 1. The Bertz CT molecular complexity index is 1360. The quantitative estimate of drug-likeness (QED) is 0.565. The molecule has 33 heavy (non-hydrogen) atoms. The number of nitriles is 1. The maximum absolute atomic E-state index is 12.3.